The average Bonchev–Trinajstić information content (AvgIpc) is 2.33. The lowest BCUT2D eigenvalue weighted by atomic mass is 10.1. The summed E-state index contributed by atoms with van der Waals surface area (Å²) in [5, 5.41) is 0. The van der Waals surface area contributed by atoms with E-state index in [0.717, 1.165) is 6.07 Å². The molecule has 0 aliphatic carbocycles. The number of hydrogen-bond acceptors (Lipinski definition) is 4. The van der Waals surface area contributed by atoms with Crippen molar-refractivity contribution in [1.29, 1.82) is 0 Å². The van der Waals surface area contributed by atoms with Crippen molar-refractivity contribution in [3.8, 4) is 11.6 Å². The van der Waals surface area contributed by atoms with Crippen LogP contribution in [0.3, 0.4) is 0 Å². The molecule has 5 nitrogen and oxygen atoms in total. The van der Waals surface area contributed by atoms with Crippen LogP contribution >= 0.6 is 0 Å². The fraction of sp³-hybridized carbons (Fsp3) is 0.286. The third-order valence-corrected chi connectivity index (χ3v) is 2.69. The summed E-state index contributed by atoms with van der Waals surface area (Å²) in [6.07, 6.45) is 3.01. The van der Waals surface area contributed by atoms with Crippen molar-refractivity contribution in [2.45, 2.75) is 26.3 Å². The van der Waals surface area contributed by atoms with Crippen LogP contribution in [-0.4, -0.2) is 9.55 Å². The van der Waals surface area contributed by atoms with E-state index < -0.39 is 16.9 Å². The molecule has 0 unspecified atom stereocenters. The number of ether oxygens (including phenoxy) is 1. The highest BCUT2D eigenvalue weighted by molar-refractivity contribution is 5.43. The molecule has 0 aliphatic rings. The first-order valence-electron chi connectivity index (χ1n) is 6.10. The number of nitrogens with two attached hydrogens (primary N) is 1. The molecule has 0 saturated heterocycles. The monoisotopic (exact) mass is 277 g/mol. The zero-order valence-corrected chi connectivity index (χ0v) is 11.6. The summed E-state index contributed by atoms with van der Waals surface area (Å²) in [5.74, 6) is -0.904. The van der Waals surface area contributed by atoms with Gasteiger partial charge in [-0.2, -0.15) is 0 Å². The summed E-state index contributed by atoms with van der Waals surface area (Å²) in [4.78, 5) is 16.1. The van der Waals surface area contributed by atoms with Crippen LogP contribution < -0.4 is 16.0 Å². The quantitative estimate of drug-likeness (QED) is 0.856. The van der Waals surface area contributed by atoms with E-state index >= 15 is 0 Å². The Morgan fingerprint density at radius 2 is 2.05 bits per heavy atom. The van der Waals surface area contributed by atoms with Crippen LogP contribution in [0.5, 0.6) is 11.6 Å². The summed E-state index contributed by atoms with van der Waals surface area (Å²) in [6.45, 7) is 5.63. The van der Waals surface area contributed by atoms with Crippen LogP contribution in [0.15, 0.2) is 35.4 Å². The number of halogens is 1. The van der Waals surface area contributed by atoms with Gasteiger partial charge in [0.25, 0.3) is 5.88 Å². The Bertz CT molecular complexity index is 690. The number of anilines is 1. The second-order valence-electron chi connectivity index (χ2n) is 5.37. The molecule has 0 fully saturated rings. The molecular formula is C14H16FN3O2. The molecule has 0 saturated carbocycles. The topological polar surface area (TPSA) is 70.1 Å². The van der Waals surface area contributed by atoms with E-state index in [1.807, 2.05) is 20.8 Å². The molecule has 0 aliphatic heterocycles. The molecular weight excluding hydrogens is 261 g/mol. The van der Waals surface area contributed by atoms with Gasteiger partial charge in [-0.25, -0.2) is 9.37 Å². The highest BCUT2D eigenvalue weighted by Gasteiger charge is 2.18. The number of nitrogen functional groups attached to an aromatic ring is 1. The van der Waals surface area contributed by atoms with Gasteiger partial charge < -0.3 is 15.0 Å². The summed E-state index contributed by atoms with van der Waals surface area (Å²) < 4.78 is 20.4. The average molecular weight is 277 g/mol. The number of benzene rings is 1. The molecule has 106 valence electrons. The van der Waals surface area contributed by atoms with Crippen molar-refractivity contribution in [3.63, 3.8) is 0 Å². The molecule has 1 aromatic heterocycles. The lowest BCUT2D eigenvalue weighted by molar-refractivity contribution is 0.358. The highest BCUT2D eigenvalue weighted by Crippen LogP contribution is 2.23. The first kappa shape index (κ1) is 14.0. The van der Waals surface area contributed by atoms with Gasteiger partial charge in [0.2, 0.25) is 0 Å². The fourth-order valence-corrected chi connectivity index (χ4v) is 1.70. The predicted molar refractivity (Wildman–Crippen MR) is 74.4 cm³/mol. The molecule has 2 N–H and O–H groups in total. The van der Waals surface area contributed by atoms with Crippen LogP contribution in [0, 0.1) is 5.82 Å². The molecule has 1 heterocycles. The smallest absolute Gasteiger partial charge is 0.314 e. The molecule has 0 amide bonds. The molecule has 6 heteroatoms. The molecule has 0 bridgehead atoms. The van der Waals surface area contributed by atoms with Gasteiger partial charge in [-0.3, -0.25) is 4.79 Å². The second-order valence-corrected chi connectivity index (χ2v) is 5.37. The van der Waals surface area contributed by atoms with Crippen LogP contribution in [0.1, 0.15) is 20.8 Å². The van der Waals surface area contributed by atoms with Crippen molar-refractivity contribution in [3.05, 3.63) is 46.8 Å². The third-order valence-electron chi connectivity index (χ3n) is 2.69. The summed E-state index contributed by atoms with van der Waals surface area (Å²) in [7, 11) is 0. The molecule has 1 aromatic carbocycles. The van der Waals surface area contributed by atoms with Gasteiger partial charge in [-0.1, -0.05) is 0 Å². The third kappa shape index (κ3) is 2.79. The molecule has 0 radical (unpaired) electrons. The Hall–Kier alpha value is -2.37. The Morgan fingerprint density at radius 1 is 1.35 bits per heavy atom. The van der Waals surface area contributed by atoms with Crippen LogP contribution in [0.4, 0.5) is 10.1 Å². The zero-order chi connectivity index (χ0) is 14.9. The van der Waals surface area contributed by atoms with Crippen LogP contribution in [-0.2, 0) is 5.54 Å². The van der Waals surface area contributed by atoms with Crippen molar-refractivity contribution < 1.29 is 9.13 Å². The molecule has 0 spiro atoms. The van der Waals surface area contributed by atoms with Gasteiger partial charge in [0.15, 0.2) is 11.6 Å². The number of aromatic nitrogens is 2. The minimum atomic E-state index is -0.641. The highest BCUT2D eigenvalue weighted by atomic mass is 19.1. The Morgan fingerprint density at radius 3 is 2.65 bits per heavy atom. The lowest BCUT2D eigenvalue weighted by Crippen LogP contribution is -2.34. The maximum Gasteiger partial charge on any atom is 0.314 e. The van der Waals surface area contributed by atoms with Gasteiger partial charge in [0.05, 0.1) is 0 Å². The number of rotatable bonds is 2. The van der Waals surface area contributed by atoms with Gasteiger partial charge in [-0.15, -0.1) is 0 Å². The van der Waals surface area contributed by atoms with Crippen molar-refractivity contribution in [1.82, 2.24) is 9.55 Å². The number of nitrogens with zero attached hydrogens (tertiary/aromatic N) is 2. The minimum Gasteiger partial charge on any atom is -0.431 e. The van der Waals surface area contributed by atoms with Crippen molar-refractivity contribution in [2.75, 3.05) is 5.73 Å². The van der Waals surface area contributed by atoms with E-state index in [1.165, 1.54) is 22.9 Å². The van der Waals surface area contributed by atoms with Crippen LogP contribution in [0.2, 0.25) is 0 Å². The maximum atomic E-state index is 13.7. The van der Waals surface area contributed by atoms with E-state index in [1.54, 1.807) is 6.20 Å². The zero-order valence-electron chi connectivity index (χ0n) is 11.6. The summed E-state index contributed by atoms with van der Waals surface area (Å²) in [6, 6.07) is 3.98. The van der Waals surface area contributed by atoms with Crippen molar-refractivity contribution in [2.24, 2.45) is 0 Å². The molecule has 20 heavy (non-hydrogen) atoms. The standard InChI is InChI=1S/C14H16FN3O2/c1-14(2,3)18-7-6-17-12(13(18)19)20-11-5-4-9(16)8-10(11)15/h4-8H,16H2,1-3H3. The molecule has 2 rings (SSSR count). The fourth-order valence-electron chi connectivity index (χ4n) is 1.70. The van der Waals surface area contributed by atoms with Gasteiger partial charge >= 0.3 is 5.56 Å². The van der Waals surface area contributed by atoms with Gasteiger partial charge in [-0.05, 0) is 32.9 Å². The first-order chi connectivity index (χ1) is 9.29. The van der Waals surface area contributed by atoms with E-state index in [-0.39, 0.29) is 17.3 Å². The van der Waals surface area contributed by atoms with Gasteiger partial charge in [0.1, 0.15) is 0 Å². The SMILES string of the molecule is CC(C)(C)n1ccnc(Oc2ccc(N)cc2F)c1=O. The predicted octanol–water partition coefficient (Wildman–Crippen LogP) is 2.51. The summed E-state index contributed by atoms with van der Waals surface area (Å²) in [5.41, 5.74) is 4.90. The Balaban J connectivity index is 2.42. The Labute approximate surface area is 115 Å². The van der Waals surface area contributed by atoms with Crippen LogP contribution in [0.25, 0.3) is 0 Å². The lowest BCUT2D eigenvalue weighted by Gasteiger charge is -2.22. The minimum absolute atomic E-state index is 0.0875. The van der Waals surface area contributed by atoms with E-state index in [2.05, 4.69) is 4.98 Å². The molecule has 0 atom stereocenters. The summed E-state index contributed by atoms with van der Waals surface area (Å²) >= 11 is 0. The largest absolute Gasteiger partial charge is 0.431 e. The maximum absolute atomic E-state index is 13.7. The van der Waals surface area contributed by atoms with E-state index in [0.29, 0.717) is 0 Å². The van der Waals surface area contributed by atoms with Crippen molar-refractivity contribution >= 4 is 5.69 Å². The van der Waals surface area contributed by atoms with Gasteiger partial charge in [0, 0.05) is 29.7 Å². The number of hydrogen-bond donors (Lipinski definition) is 1. The first-order valence-corrected chi connectivity index (χ1v) is 6.10. The molecule has 2 aromatic rings. The van der Waals surface area contributed by atoms with E-state index in [4.69, 9.17) is 10.5 Å². The second kappa shape index (κ2) is 4.96. The Kier molecular flexibility index (Phi) is 3.48. The normalized spacial score (nSPS) is 11.4. The van der Waals surface area contributed by atoms with E-state index in [9.17, 15) is 9.18 Å².